The molecule has 3 aromatic rings. The molecule has 2 bridgehead atoms. The van der Waals surface area contributed by atoms with Crippen molar-refractivity contribution in [3.05, 3.63) is 30.5 Å². The van der Waals surface area contributed by atoms with Gasteiger partial charge >= 0.3 is 6.01 Å². The van der Waals surface area contributed by atoms with E-state index in [2.05, 4.69) is 30.8 Å². The summed E-state index contributed by atoms with van der Waals surface area (Å²) in [5, 5.41) is 13.3. The molecule has 1 unspecified atom stereocenters. The van der Waals surface area contributed by atoms with Crippen molar-refractivity contribution in [2.45, 2.75) is 55.3 Å². The molecule has 0 spiro atoms. The van der Waals surface area contributed by atoms with E-state index in [4.69, 9.17) is 10.2 Å². The Balaban J connectivity index is 0.00000289. The standard InChI is InChI=1S/C22H25N7O4S.5H2/c1-11(2)34(31,32)15-7-4-12(5-8-15)16-10-24-19(23)18(26-16)21-28-29-22(33-21)27-20(30)17-13-3-6-14(9-13)25-17;;;;;/h4-5,7-8,10-11,13-14,17,25H,3,6,9H2,1-2H3,(H2,23,24)(H,27,29,30);5*1H/t13?,14-,17-;;;;;/m0...../s1. The molecule has 12 heteroatoms. The summed E-state index contributed by atoms with van der Waals surface area (Å²) in [5.41, 5.74) is 7.25. The first-order valence-corrected chi connectivity index (χ1v) is 12.6. The van der Waals surface area contributed by atoms with Crippen molar-refractivity contribution in [3.8, 4) is 22.8 Å². The van der Waals surface area contributed by atoms with Gasteiger partial charge in [-0.2, -0.15) is 0 Å². The molecule has 3 atom stereocenters. The zero-order valence-electron chi connectivity index (χ0n) is 18.7. The molecule has 2 aromatic heterocycles. The SMILES string of the molecule is CC(C)S(=O)(=O)c1ccc(-c2cnc(N)c(-c3nnc(NC(=O)[C@H]4N[C@H]5CCC4C5)o3)n2)cc1.[HH].[HH].[HH].[HH].[HH]. The zero-order chi connectivity index (χ0) is 24.0. The molecular formula is C22H35N7O4S. The van der Waals surface area contributed by atoms with Gasteiger partial charge in [-0.15, -0.1) is 5.10 Å². The van der Waals surface area contributed by atoms with Crippen molar-refractivity contribution >= 4 is 27.6 Å². The van der Waals surface area contributed by atoms with Crippen molar-refractivity contribution in [1.82, 2.24) is 25.5 Å². The molecule has 5 rings (SSSR count). The minimum absolute atomic E-state index is 0. The molecule has 1 aliphatic carbocycles. The van der Waals surface area contributed by atoms with E-state index in [9.17, 15) is 13.2 Å². The smallest absolute Gasteiger partial charge is 0.322 e. The first-order chi connectivity index (χ1) is 16.2. The number of hydrogen-bond donors (Lipinski definition) is 3. The van der Waals surface area contributed by atoms with Gasteiger partial charge in [-0.05, 0) is 51.2 Å². The number of nitrogens with one attached hydrogen (secondary N) is 2. The number of rotatable bonds is 6. The second kappa shape index (κ2) is 8.44. The number of anilines is 2. The van der Waals surface area contributed by atoms with Gasteiger partial charge in [-0.3, -0.25) is 10.1 Å². The van der Waals surface area contributed by atoms with Crippen LogP contribution in [-0.2, 0) is 14.6 Å². The Kier molecular flexibility index (Phi) is 5.56. The lowest BCUT2D eigenvalue weighted by molar-refractivity contribution is -0.119. The summed E-state index contributed by atoms with van der Waals surface area (Å²) in [4.78, 5) is 21.5. The molecular weight excluding hydrogens is 458 g/mol. The molecule has 1 amide bonds. The summed E-state index contributed by atoms with van der Waals surface area (Å²) < 4.78 is 30.3. The monoisotopic (exact) mass is 493 g/mol. The maximum absolute atomic E-state index is 12.6. The Hall–Kier alpha value is -3.38. The summed E-state index contributed by atoms with van der Waals surface area (Å²) in [5.74, 6) is 0.222. The van der Waals surface area contributed by atoms with E-state index in [1.807, 2.05) is 0 Å². The first kappa shape index (κ1) is 22.4. The topological polar surface area (TPSA) is 166 Å². The Morgan fingerprint density at radius 2 is 2.00 bits per heavy atom. The minimum Gasteiger partial charge on any atom is -0.401 e. The van der Waals surface area contributed by atoms with Gasteiger partial charge in [0, 0.05) is 18.7 Å². The number of amides is 1. The molecule has 1 aliphatic heterocycles. The van der Waals surface area contributed by atoms with Gasteiger partial charge in [-0.25, -0.2) is 18.4 Å². The second-order valence-corrected chi connectivity index (χ2v) is 11.4. The van der Waals surface area contributed by atoms with Crippen LogP contribution >= 0.6 is 0 Å². The van der Waals surface area contributed by atoms with Gasteiger partial charge in [0.1, 0.15) is 0 Å². The number of aromatic nitrogens is 4. The molecule has 1 saturated heterocycles. The predicted octanol–water partition coefficient (Wildman–Crippen LogP) is 3.27. The van der Waals surface area contributed by atoms with Crippen LogP contribution in [0.2, 0.25) is 0 Å². The number of carbonyl (C=O) groups is 1. The second-order valence-electron chi connectivity index (χ2n) is 8.92. The van der Waals surface area contributed by atoms with Crippen molar-refractivity contribution < 1.29 is 24.8 Å². The van der Waals surface area contributed by atoms with Crippen LogP contribution in [0, 0.1) is 5.92 Å². The number of fused-ring (bicyclic) bond motifs is 2. The van der Waals surface area contributed by atoms with Gasteiger partial charge < -0.3 is 15.5 Å². The Bertz CT molecular complexity index is 1360. The maximum atomic E-state index is 12.6. The molecule has 1 aromatic carbocycles. The average molecular weight is 494 g/mol. The van der Waals surface area contributed by atoms with Gasteiger partial charge in [-0.1, -0.05) is 17.2 Å². The van der Waals surface area contributed by atoms with Crippen LogP contribution in [0.5, 0.6) is 0 Å². The zero-order valence-corrected chi connectivity index (χ0v) is 19.5. The maximum Gasteiger partial charge on any atom is 0.322 e. The molecule has 34 heavy (non-hydrogen) atoms. The van der Waals surface area contributed by atoms with Crippen LogP contribution in [0.4, 0.5) is 11.8 Å². The number of nitrogens with zero attached hydrogens (tertiary/aromatic N) is 4. The van der Waals surface area contributed by atoms with Crippen LogP contribution in [-0.4, -0.2) is 51.8 Å². The van der Waals surface area contributed by atoms with Crippen molar-refractivity contribution in [2.75, 3.05) is 11.1 Å². The van der Waals surface area contributed by atoms with E-state index in [1.54, 1.807) is 26.0 Å². The first-order valence-electron chi connectivity index (χ1n) is 11.1. The number of hydrogen-bond acceptors (Lipinski definition) is 10. The number of piperidine rings is 1. The Morgan fingerprint density at radius 3 is 2.65 bits per heavy atom. The van der Waals surface area contributed by atoms with E-state index in [0.717, 1.165) is 19.3 Å². The van der Waals surface area contributed by atoms with E-state index in [1.165, 1.54) is 18.3 Å². The largest absolute Gasteiger partial charge is 0.401 e. The van der Waals surface area contributed by atoms with Crippen molar-refractivity contribution in [2.24, 2.45) is 5.92 Å². The minimum atomic E-state index is -3.38. The molecule has 2 fully saturated rings. The van der Waals surface area contributed by atoms with Crippen LogP contribution in [0.3, 0.4) is 0 Å². The number of benzene rings is 1. The van der Waals surface area contributed by atoms with E-state index in [0.29, 0.717) is 23.2 Å². The van der Waals surface area contributed by atoms with E-state index in [-0.39, 0.29) is 47.4 Å². The third-order valence-electron chi connectivity index (χ3n) is 6.40. The van der Waals surface area contributed by atoms with Crippen molar-refractivity contribution in [1.29, 1.82) is 0 Å². The summed E-state index contributed by atoms with van der Waals surface area (Å²) in [6.07, 6.45) is 4.62. The molecule has 1 saturated carbocycles. The predicted molar refractivity (Wildman–Crippen MR) is 135 cm³/mol. The fraction of sp³-hybridized carbons (Fsp3) is 0.409. The normalized spacial score (nSPS) is 21.8. The summed E-state index contributed by atoms with van der Waals surface area (Å²) in [6.45, 7) is 3.27. The lowest BCUT2D eigenvalue weighted by Crippen LogP contribution is -2.44. The van der Waals surface area contributed by atoms with Gasteiger partial charge in [0.25, 0.3) is 5.89 Å². The van der Waals surface area contributed by atoms with E-state index < -0.39 is 15.1 Å². The highest BCUT2D eigenvalue weighted by Crippen LogP contribution is 2.35. The number of sulfone groups is 1. The van der Waals surface area contributed by atoms with E-state index >= 15 is 0 Å². The highest BCUT2D eigenvalue weighted by molar-refractivity contribution is 7.92. The summed E-state index contributed by atoms with van der Waals surface area (Å²) >= 11 is 0. The number of nitrogen functional groups attached to an aromatic ring is 1. The third kappa shape index (κ3) is 4.03. The van der Waals surface area contributed by atoms with Crippen LogP contribution in [0.1, 0.15) is 40.2 Å². The van der Waals surface area contributed by atoms with Crippen molar-refractivity contribution in [3.63, 3.8) is 0 Å². The Morgan fingerprint density at radius 1 is 1.24 bits per heavy atom. The highest BCUT2D eigenvalue weighted by atomic mass is 32.2. The fourth-order valence-electron chi connectivity index (χ4n) is 4.49. The molecule has 4 N–H and O–H groups in total. The molecule has 188 valence electrons. The van der Waals surface area contributed by atoms with Gasteiger partial charge in [0.2, 0.25) is 5.91 Å². The fourth-order valence-corrected chi connectivity index (χ4v) is 5.55. The van der Waals surface area contributed by atoms with Crippen LogP contribution in [0.15, 0.2) is 39.8 Å². The number of nitrogens with two attached hydrogens (primary N) is 1. The molecule has 2 aliphatic rings. The summed E-state index contributed by atoms with van der Waals surface area (Å²) in [7, 11) is -3.38. The Labute approximate surface area is 203 Å². The van der Waals surface area contributed by atoms with Crippen LogP contribution in [0.25, 0.3) is 22.8 Å². The lowest BCUT2D eigenvalue weighted by atomic mass is 9.99. The third-order valence-corrected chi connectivity index (χ3v) is 8.57. The number of carbonyl (C=O) groups excluding carboxylic acids is 1. The average Bonchev–Trinajstić information content (AvgIpc) is 3.57. The molecule has 11 nitrogen and oxygen atoms in total. The quantitative estimate of drug-likeness (QED) is 0.464. The van der Waals surface area contributed by atoms with Gasteiger partial charge in [0.05, 0.1) is 28.1 Å². The van der Waals surface area contributed by atoms with Crippen LogP contribution < -0.4 is 16.4 Å². The molecule has 3 heterocycles. The molecule has 0 radical (unpaired) electrons. The van der Waals surface area contributed by atoms with Gasteiger partial charge in [0.15, 0.2) is 21.3 Å². The lowest BCUT2D eigenvalue weighted by Gasteiger charge is -2.21. The summed E-state index contributed by atoms with van der Waals surface area (Å²) in [6, 6.07) is 6.47. The highest BCUT2D eigenvalue weighted by Gasteiger charge is 2.43.